The van der Waals surface area contributed by atoms with E-state index < -0.39 is 0 Å². The van der Waals surface area contributed by atoms with Gasteiger partial charge in [-0.25, -0.2) is 0 Å². The van der Waals surface area contributed by atoms with Gasteiger partial charge in [-0.15, -0.1) is 0 Å². The fraction of sp³-hybridized carbons (Fsp3) is 1.00. The molecule has 0 bridgehead atoms. The van der Waals surface area contributed by atoms with Gasteiger partial charge in [-0.3, -0.25) is 0 Å². The van der Waals surface area contributed by atoms with E-state index in [0.717, 1.165) is 0 Å². The van der Waals surface area contributed by atoms with Gasteiger partial charge in [0.1, 0.15) is 0 Å². The summed E-state index contributed by atoms with van der Waals surface area (Å²) < 4.78 is 4.16. The zero-order valence-corrected chi connectivity index (χ0v) is 8.13. The number of hydrogen-bond donors (Lipinski definition) is 0. The Bertz CT molecular complexity index is 157. The third kappa shape index (κ3) is 7.18. The summed E-state index contributed by atoms with van der Waals surface area (Å²) in [4.78, 5) is 0. The zero-order chi connectivity index (χ0) is 5.86. The van der Waals surface area contributed by atoms with E-state index >= 15 is 0 Å². The van der Waals surface area contributed by atoms with E-state index in [2.05, 4.69) is 47.2 Å². The summed E-state index contributed by atoms with van der Waals surface area (Å²) in [6, 6.07) is 0.428. The molecule has 0 amide bonds. The third-order valence-corrected chi connectivity index (χ3v) is 1.86. The predicted molar refractivity (Wildman–Crippen MR) is 45.9 cm³/mol. The van der Waals surface area contributed by atoms with Crippen molar-refractivity contribution in [3.8, 4) is 0 Å². The molecule has 0 spiro atoms. The van der Waals surface area contributed by atoms with E-state index in [1.54, 1.807) is 0 Å². The van der Waals surface area contributed by atoms with Crippen molar-refractivity contribution in [2.75, 3.05) is 0 Å². The Morgan fingerprint density at radius 2 is 2.14 bits per heavy atom. The number of nitrogens with zero attached hydrogens (tertiary/aromatic N) is 1. The summed E-state index contributed by atoms with van der Waals surface area (Å²) in [5, 5.41) is 0. The molecule has 0 N–H and O–H groups in total. The fourth-order valence-electron chi connectivity index (χ4n) is 0.174. The Balaban J connectivity index is 3.78. The van der Waals surface area contributed by atoms with Crippen LogP contribution in [0.4, 0.5) is 0 Å². The molecule has 1 nitrogen and oxygen atoms in total. The molecule has 0 aromatic heterocycles. The second-order valence-corrected chi connectivity index (χ2v) is 7.70. The van der Waals surface area contributed by atoms with Crippen LogP contribution in [0.2, 0.25) is 0 Å². The first-order chi connectivity index (χ1) is 3.13. The molecule has 0 rings (SSSR count). The summed E-state index contributed by atoms with van der Waals surface area (Å²) in [6.45, 7) is 4.04. The molecule has 0 aromatic carbocycles. The zero-order valence-electron chi connectivity index (χ0n) is 4.26. The molecular formula is C3H7INPS. The van der Waals surface area contributed by atoms with Crippen LogP contribution in [0.1, 0.15) is 13.8 Å². The van der Waals surface area contributed by atoms with Crippen molar-refractivity contribution >= 4 is 35.9 Å². The van der Waals surface area contributed by atoms with Crippen LogP contribution >= 0.6 is 29.0 Å². The molecule has 7 heavy (non-hydrogen) atoms. The summed E-state index contributed by atoms with van der Waals surface area (Å²) in [5.74, 6) is 0. The van der Waals surface area contributed by atoms with Crippen LogP contribution in [0.25, 0.3) is 0 Å². The second-order valence-electron chi connectivity index (χ2n) is 1.42. The monoisotopic (exact) mass is 247 g/mol. The minimum absolute atomic E-state index is 0.0562. The van der Waals surface area contributed by atoms with E-state index in [1.807, 2.05) is 0 Å². The Morgan fingerprint density at radius 3 is 2.14 bits per heavy atom. The Kier molecular flexibility index (Phi) is 4.79. The quantitative estimate of drug-likeness (QED) is 0.499. The average Bonchev–Trinajstić information content (AvgIpc) is 1.27. The molecule has 0 heterocycles. The van der Waals surface area contributed by atoms with Crippen molar-refractivity contribution in [1.29, 1.82) is 0 Å². The molecule has 0 saturated carbocycles. The van der Waals surface area contributed by atoms with Gasteiger partial charge < -0.3 is 0 Å². The van der Waals surface area contributed by atoms with E-state index in [4.69, 9.17) is 0 Å². The number of hydrogen-bond acceptors (Lipinski definition) is 1. The maximum absolute atomic E-state index is 4.16. The summed E-state index contributed by atoms with van der Waals surface area (Å²) in [5.41, 5.74) is 0. The standard InChI is InChI=1S/C3H7INPS/c1-3(2)5-7(4)6/h3H,1-2H3. The van der Waals surface area contributed by atoms with Crippen LogP contribution < -0.4 is 0 Å². The molecule has 0 saturated heterocycles. The van der Waals surface area contributed by atoms with Crippen LogP contribution in [0.5, 0.6) is 0 Å². The van der Waals surface area contributed by atoms with Gasteiger partial charge in [0.05, 0.1) is 0 Å². The van der Waals surface area contributed by atoms with E-state index in [-0.39, 0.29) is 6.84 Å². The Morgan fingerprint density at radius 1 is 1.71 bits per heavy atom. The Hall–Kier alpha value is 1.18. The van der Waals surface area contributed by atoms with Crippen LogP contribution in [0.3, 0.4) is 0 Å². The topological polar surface area (TPSA) is 12.4 Å². The molecular weight excluding hydrogens is 240 g/mol. The molecule has 0 radical (unpaired) electrons. The van der Waals surface area contributed by atoms with Gasteiger partial charge in [0, 0.05) is 0 Å². The van der Waals surface area contributed by atoms with Gasteiger partial charge in [0.25, 0.3) is 0 Å². The first-order valence-electron chi connectivity index (χ1n) is 1.93. The molecule has 0 aliphatic rings. The van der Waals surface area contributed by atoms with Crippen LogP contribution in [0, 0.1) is 0 Å². The predicted octanol–water partition coefficient (Wildman–Crippen LogP) is 2.87. The van der Waals surface area contributed by atoms with Crippen molar-refractivity contribution in [1.82, 2.24) is 0 Å². The average molecular weight is 247 g/mol. The van der Waals surface area contributed by atoms with Crippen molar-refractivity contribution in [3.63, 3.8) is 0 Å². The van der Waals surface area contributed by atoms with Gasteiger partial charge in [-0.2, -0.15) is 0 Å². The maximum atomic E-state index is 4.16. The van der Waals surface area contributed by atoms with Gasteiger partial charge in [-0.1, -0.05) is 0 Å². The van der Waals surface area contributed by atoms with Crippen molar-refractivity contribution in [2.45, 2.75) is 19.9 Å². The van der Waals surface area contributed by atoms with E-state index in [9.17, 15) is 0 Å². The molecule has 0 aliphatic carbocycles. The van der Waals surface area contributed by atoms with E-state index in [1.165, 1.54) is 0 Å². The number of rotatable bonds is 1. The fourth-order valence-corrected chi connectivity index (χ4v) is 2.45. The first kappa shape index (κ1) is 8.18. The van der Waals surface area contributed by atoms with Crippen molar-refractivity contribution in [3.05, 3.63) is 0 Å². The van der Waals surface area contributed by atoms with Gasteiger partial charge >= 0.3 is 60.1 Å². The van der Waals surface area contributed by atoms with E-state index in [0.29, 0.717) is 6.04 Å². The van der Waals surface area contributed by atoms with Gasteiger partial charge in [-0.05, 0) is 0 Å². The summed E-state index contributed by atoms with van der Waals surface area (Å²) in [6.07, 6.45) is 0. The molecule has 0 fully saturated rings. The molecule has 4 heteroatoms. The minimum atomic E-state index is -0.0562. The second kappa shape index (κ2) is 4.10. The normalized spacial score (nSPS) is 12.7. The molecule has 0 aromatic rings. The summed E-state index contributed by atoms with van der Waals surface area (Å²) in [7, 11) is 4.09. The van der Waals surface area contributed by atoms with Crippen molar-refractivity contribution in [2.24, 2.45) is 4.36 Å². The van der Waals surface area contributed by atoms with Crippen molar-refractivity contribution < 1.29 is 0 Å². The molecule has 42 valence electrons. The first-order valence-corrected chi connectivity index (χ1v) is 6.71. The third-order valence-electron chi connectivity index (χ3n) is 0.298. The number of halogens is 1. The van der Waals surface area contributed by atoms with Crippen LogP contribution in [-0.4, -0.2) is 6.04 Å². The van der Waals surface area contributed by atoms with Gasteiger partial charge in [0.2, 0.25) is 0 Å². The van der Waals surface area contributed by atoms with Crippen LogP contribution in [0.15, 0.2) is 4.36 Å². The van der Waals surface area contributed by atoms with Gasteiger partial charge in [0.15, 0.2) is 0 Å². The SMILES string of the molecule is CC(C)N=S(#P)I. The summed E-state index contributed by atoms with van der Waals surface area (Å²) >= 11 is 2.18. The molecule has 0 unspecified atom stereocenters. The van der Waals surface area contributed by atoms with Crippen LogP contribution in [-0.2, 0) is 6.84 Å². The molecule has 0 aliphatic heterocycles. The molecule has 0 atom stereocenters. The Labute approximate surface area is 60.0 Å².